The number of hydrogen-bond acceptors (Lipinski definition) is 6. The van der Waals surface area contributed by atoms with E-state index in [2.05, 4.69) is 5.32 Å². The van der Waals surface area contributed by atoms with Crippen LogP contribution in [0.1, 0.15) is 16.4 Å². The predicted octanol–water partition coefficient (Wildman–Crippen LogP) is 5.79. The molecule has 3 amide bonds. The zero-order valence-corrected chi connectivity index (χ0v) is 23.5. The fourth-order valence-electron chi connectivity index (χ4n) is 5.01. The van der Waals surface area contributed by atoms with Crippen LogP contribution in [0.15, 0.2) is 82.6 Å². The summed E-state index contributed by atoms with van der Waals surface area (Å²) in [4.78, 5) is 55.0. The Kier molecular flexibility index (Phi) is 7.03. The number of anilines is 2. The summed E-state index contributed by atoms with van der Waals surface area (Å²) in [6.45, 7) is -0.317. The van der Waals surface area contributed by atoms with Crippen molar-refractivity contribution in [1.29, 1.82) is 0 Å². The van der Waals surface area contributed by atoms with Gasteiger partial charge in [-0.2, -0.15) is 0 Å². The largest absolute Gasteiger partial charge is 0.325 e. The average Bonchev–Trinajstić information content (AvgIpc) is 3.37. The van der Waals surface area contributed by atoms with Crippen molar-refractivity contribution >= 4 is 75.4 Å². The van der Waals surface area contributed by atoms with E-state index < -0.39 is 34.7 Å². The highest BCUT2D eigenvalue weighted by atomic mass is 35.5. The first-order valence-corrected chi connectivity index (χ1v) is 14.5. The number of thiazole rings is 1. The molecule has 0 saturated carbocycles. The molecule has 1 fully saturated rings. The fraction of sp³-hybridized carbons (Fsp3) is 0.143. The van der Waals surface area contributed by atoms with Crippen molar-refractivity contribution in [1.82, 2.24) is 4.57 Å². The first-order chi connectivity index (χ1) is 19.2. The Morgan fingerprint density at radius 2 is 1.50 bits per heavy atom. The number of nitrogens with one attached hydrogen (secondary N) is 1. The number of rotatable bonds is 5. The normalized spacial score (nSPS) is 19.9. The summed E-state index contributed by atoms with van der Waals surface area (Å²) >= 11 is 14.2. The molecule has 3 aromatic carbocycles. The van der Waals surface area contributed by atoms with Crippen LogP contribution in [-0.4, -0.2) is 27.5 Å². The van der Waals surface area contributed by atoms with Crippen LogP contribution in [0, 0.1) is 11.7 Å². The highest BCUT2D eigenvalue weighted by molar-refractivity contribution is 8.00. The molecule has 3 atom stereocenters. The summed E-state index contributed by atoms with van der Waals surface area (Å²) in [5.41, 5.74) is 1.51. The van der Waals surface area contributed by atoms with Crippen molar-refractivity contribution in [2.24, 2.45) is 5.92 Å². The molecule has 6 rings (SSSR count). The maximum absolute atomic E-state index is 13.9. The van der Waals surface area contributed by atoms with Crippen molar-refractivity contribution in [3.05, 3.63) is 109 Å². The first-order valence-electron chi connectivity index (χ1n) is 12.1. The number of aromatic nitrogens is 1. The molecule has 0 unspecified atom stereocenters. The van der Waals surface area contributed by atoms with Crippen LogP contribution in [0.4, 0.5) is 15.8 Å². The molecule has 4 aromatic rings. The van der Waals surface area contributed by atoms with E-state index in [1.807, 2.05) is 0 Å². The summed E-state index contributed by atoms with van der Waals surface area (Å²) in [5.74, 6) is -3.10. The lowest BCUT2D eigenvalue weighted by atomic mass is 9.83. The summed E-state index contributed by atoms with van der Waals surface area (Å²) < 4.78 is 14.6. The third kappa shape index (κ3) is 4.75. The van der Waals surface area contributed by atoms with Crippen LogP contribution in [0.5, 0.6) is 0 Å². The van der Waals surface area contributed by atoms with Gasteiger partial charge in [0, 0.05) is 26.5 Å². The number of nitrogens with zero attached hydrogens (tertiary/aromatic N) is 2. The van der Waals surface area contributed by atoms with Crippen molar-refractivity contribution in [2.45, 2.75) is 22.7 Å². The van der Waals surface area contributed by atoms with Gasteiger partial charge in [0.2, 0.25) is 17.7 Å². The van der Waals surface area contributed by atoms with Gasteiger partial charge in [0.15, 0.2) is 0 Å². The zero-order chi connectivity index (χ0) is 28.1. The number of carbonyl (C=O) groups is 3. The van der Waals surface area contributed by atoms with Gasteiger partial charge in [-0.3, -0.25) is 23.7 Å². The molecule has 2 aliphatic rings. The number of hydrogen-bond donors (Lipinski definition) is 1. The Hall–Kier alpha value is -3.44. The molecule has 1 saturated heterocycles. The van der Waals surface area contributed by atoms with Gasteiger partial charge in [-0.05, 0) is 66.2 Å². The lowest BCUT2D eigenvalue weighted by Gasteiger charge is -2.30. The SMILES string of the molecule is O=C(Cn1c2c(sc1=O)[C@@H](c1ccc(Cl)cc1)[C@H]1C(=O)N(c3ccc(Cl)cc3)C(=O)[C@H]1S2)Nc1ccc(F)cc1. The Bertz CT molecular complexity index is 1710. The molecule has 7 nitrogen and oxygen atoms in total. The van der Waals surface area contributed by atoms with E-state index >= 15 is 0 Å². The van der Waals surface area contributed by atoms with Gasteiger partial charge in [0.05, 0.1) is 16.6 Å². The minimum absolute atomic E-state index is 0.317. The Morgan fingerprint density at radius 1 is 0.875 bits per heavy atom. The Morgan fingerprint density at radius 3 is 2.15 bits per heavy atom. The maximum atomic E-state index is 13.9. The minimum atomic E-state index is -0.822. The van der Waals surface area contributed by atoms with Gasteiger partial charge in [0.1, 0.15) is 17.6 Å². The van der Waals surface area contributed by atoms with Crippen LogP contribution in [0.3, 0.4) is 0 Å². The van der Waals surface area contributed by atoms with Gasteiger partial charge < -0.3 is 5.32 Å². The molecule has 2 aliphatic heterocycles. The lowest BCUT2D eigenvalue weighted by molar-refractivity contribution is -0.122. The van der Waals surface area contributed by atoms with Gasteiger partial charge >= 0.3 is 4.87 Å². The van der Waals surface area contributed by atoms with Crippen LogP contribution >= 0.6 is 46.3 Å². The molecule has 0 bridgehead atoms. The second kappa shape index (κ2) is 10.5. The molecule has 12 heteroatoms. The molecule has 40 heavy (non-hydrogen) atoms. The third-order valence-corrected chi connectivity index (χ3v) is 9.90. The van der Waals surface area contributed by atoms with Crippen molar-refractivity contribution in [3.63, 3.8) is 0 Å². The molecule has 0 aliphatic carbocycles. The second-order valence-electron chi connectivity index (χ2n) is 9.26. The molecule has 3 heterocycles. The lowest BCUT2D eigenvalue weighted by Crippen LogP contribution is -2.33. The number of amides is 3. The van der Waals surface area contributed by atoms with E-state index in [1.165, 1.54) is 33.7 Å². The number of imide groups is 1. The van der Waals surface area contributed by atoms with Gasteiger partial charge in [-0.1, -0.05) is 58.4 Å². The second-order valence-corrected chi connectivity index (χ2v) is 12.3. The monoisotopic (exact) mass is 613 g/mol. The Labute approximate surface area is 245 Å². The maximum Gasteiger partial charge on any atom is 0.308 e. The topological polar surface area (TPSA) is 88.5 Å². The van der Waals surface area contributed by atoms with Crippen LogP contribution < -0.4 is 15.1 Å². The fourth-order valence-corrected chi connectivity index (χ4v) is 8.03. The summed E-state index contributed by atoms with van der Waals surface area (Å²) in [6, 6.07) is 18.7. The summed E-state index contributed by atoms with van der Waals surface area (Å²) in [7, 11) is 0. The van der Waals surface area contributed by atoms with Gasteiger partial charge in [-0.25, -0.2) is 9.29 Å². The molecule has 1 N–H and O–H groups in total. The number of halogens is 3. The van der Waals surface area contributed by atoms with Gasteiger partial charge in [-0.15, -0.1) is 0 Å². The third-order valence-electron chi connectivity index (χ3n) is 6.79. The van der Waals surface area contributed by atoms with E-state index in [0.717, 1.165) is 28.7 Å². The predicted molar refractivity (Wildman–Crippen MR) is 154 cm³/mol. The zero-order valence-electron chi connectivity index (χ0n) is 20.3. The molecular formula is C28H18Cl2FN3O4S2. The smallest absolute Gasteiger partial charge is 0.308 e. The molecule has 0 spiro atoms. The average molecular weight is 615 g/mol. The first kappa shape index (κ1) is 26.8. The molecule has 0 radical (unpaired) electrons. The Balaban J connectivity index is 1.40. The highest BCUT2D eigenvalue weighted by Gasteiger charge is 2.56. The number of carbonyl (C=O) groups excluding carboxylic acids is 3. The summed E-state index contributed by atoms with van der Waals surface area (Å²) in [5, 5.41) is 3.28. The van der Waals surface area contributed by atoms with Crippen molar-refractivity contribution in [2.75, 3.05) is 10.2 Å². The van der Waals surface area contributed by atoms with Crippen LogP contribution in [0.25, 0.3) is 0 Å². The number of fused-ring (bicyclic) bond motifs is 2. The van der Waals surface area contributed by atoms with E-state index in [9.17, 15) is 23.6 Å². The van der Waals surface area contributed by atoms with Crippen LogP contribution in [0.2, 0.25) is 10.0 Å². The quantitative estimate of drug-likeness (QED) is 0.288. The van der Waals surface area contributed by atoms with E-state index in [0.29, 0.717) is 31.3 Å². The molecular weight excluding hydrogens is 596 g/mol. The van der Waals surface area contributed by atoms with E-state index in [1.54, 1.807) is 48.5 Å². The van der Waals surface area contributed by atoms with Crippen molar-refractivity contribution in [3.8, 4) is 0 Å². The minimum Gasteiger partial charge on any atom is -0.325 e. The standard InChI is InChI=1S/C28H18Cl2FN3O4S2/c29-15-3-1-14(2-4-15)21-22-23(26(37)34(25(22)36)19-11-5-16(30)6-12-19)39-27-24(21)40-28(38)33(27)13-20(35)32-18-9-7-17(31)8-10-18/h1-12,21-23H,13H2,(H,32,35)/t21-,22+,23-/m0/s1. The number of thioether (sulfide) groups is 1. The molecule has 202 valence electrons. The molecule has 1 aromatic heterocycles. The highest BCUT2D eigenvalue weighted by Crippen LogP contribution is 2.54. The van der Waals surface area contributed by atoms with Gasteiger partial charge in [0.25, 0.3) is 0 Å². The number of benzene rings is 3. The van der Waals surface area contributed by atoms with Crippen molar-refractivity contribution < 1.29 is 18.8 Å². The van der Waals surface area contributed by atoms with Crippen LogP contribution in [-0.2, 0) is 20.9 Å². The van der Waals surface area contributed by atoms with E-state index in [4.69, 9.17) is 23.2 Å². The summed E-state index contributed by atoms with van der Waals surface area (Å²) in [6.07, 6.45) is 0. The van der Waals surface area contributed by atoms with E-state index in [-0.39, 0.29) is 17.3 Å².